The summed E-state index contributed by atoms with van der Waals surface area (Å²) in [5.41, 5.74) is 4.68. The molecule has 0 bridgehead atoms. The van der Waals surface area contributed by atoms with Gasteiger partial charge in [-0.15, -0.1) is 11.5 Å². The normalized spacial score (nSPS) is 10.9. The van der Waals surface area contributed by atoms with Crippen LogP contribution in [0.4, 0.5) is 0 Å². The van der Waals surface area contributed by atoms with Crippen LogP contribution in [0.2, 0.25) is 19.6 Å². The van der Waals surface area contributed by atoms with Gasteiger partial charge in [-0.1, -0.05) is 38.4 Å². The summed E-state index contributed by atoms with van der Waals surface area (Å²) in [5, 5.41) is 8.58. The van der Waals surface area contributed by atoms with Crippen LogP contribution in [0.1, 0.15) is 33.1 Å². The van der Waals surface area contributed by atoms with E-state index in [9.17, 15) is 0 Å². The van der Waals surface area contributed by atoms with Gasteiger partial charge in [0.25, 0.3) is 6.26 Å². The maximum absolute atomic E-state index is 8.58. The van der Waals surface area contributed by atoms with Crippen molar-refractivity contribution < 1.29 is 4.74 Å². The average molecular weight is 275 g/mol. The second-order valence-corrected chi connectivity index (χ2v) is 11.0. The minimum absolute atomic E-state index is 0.623. The van der Waals surface area contributed by atoms with E-state index >= 15 is 0 Å². The number of ether oxygens (including phenoxy) is 1. The molecule has 0 saturated carbocycles. The highest BCUT2D eigenvalue weighted by Crippen LogP contribution is 2.25. The first-order valence-electron chi connectivity index (χ1n) is 6.50. The number of hydrogen-bond donors (Lipinski definition) is 0. The summed E-state index contributed by atoms with van der Waals surface area (Å²) in [6.07, 6.45) is 4.12. The Bertz CT molecular complexity index is 438. The Morgan fingerprint density at radius 3 is 2.32 bits per heavy atom. The van der Waals surface area contributed by atoms with Crippen molar-refractivity contribution in [2.75, 3.05) is 0 Å². The van der Waals surface area contributed by atoms with Gasteiger partial charge in [-0.05, 0) is 32.3 Å². The first-order valence-corrected chi connectivity index (χ1v) is 10.0. The average Bonchev–Trinajstić information content (AvgIpc) is 2.23. The van der Waals surface area contributed by atoms with E-state index in [0.29, 0.717) is 6.42 Å². The van der Waals surface area contributed by atoms with Crippen LogP contribution in [-0.4, -0.2) is 13.7 Å². The predicted octanol–water partition coefficient (Wildman–Crippen LogP) is 4.43. The summed E-state index contributed by atoms with van der Waals surface area (Å²) in [7, 11) is -1.27. The maximum atomic E-state index is 8.58. The molecule has 0 aliphatic rings. The Kier molecular flexibility index (Phi) is 6.66. The summed E-state index contributed by atoms with van der Waals surface area (Å²) < 4.78 is 5.00. The Hall–Kier alpha value is -1.45. The van der Waals surface area contributed by atoms with Gasteiger partial charge in [0, 0.05) is 6.42 Å². The Morgan fingerprint density at radius 1 is 1.26 bits per heavy atom. The van der Waals surface area contributed by atoms with Crippen molar-refractivity contribution >= 4 is 8.07 Å². The molecule has 0 aliphatic heterocycles. The van der Waals surface area contributed by atoms with Gasteiger partial charge < -0.3 is 4.74 Å². The molecule has 0 amide bonds. The monoisotopic (exact) mass is 275 g/mol. The summed E-state index contributed by atoms with van der Waals surface area (Å²) in [6, 6.07) is 0. The van der Waals surface area contributed by atoms with E-state index in [0.717, 1.165) is 24.0 Å². The number of hydrogen-bond acceptors (Lipinski definition) is 2. The molecule has 0 rings (SSSR count). The third-order valence-corrected chi connectivity index (χ3v) is 3.61. The highest BCUT2D eigenvalue weighted by molar-refractivity contribution is 6.83. The third-order valence-electron chi connectivity index (χ3n) is 2.68. The Balaban J connectivity index is 4.23. The predicted molar refractivity (Wildman–Crippen MR) is 84.0 cm³/mol. The lowest BCUT2D eigenvalue weighted by Crippen LogP contribution is -2.24. The lowest BCUT2D eigenvalue weighted by Gasteiger charge is -2.24. The van der Waals surface area contributed by atoms with Gasteiger partial charge in [0.15, 0.2) is 0 Å². The molecule has 0 heterocycles. The highest BCUT2D eigenvalue weighted by Gasteiger charge is 2.23. The van der Waals surface area contributed by atoms with Gasteiger partial charge in [0.2, 0.25) is 0 Å². The molecular weight excluding hydrogens is 250 g/mol. The smallest absolute Gasteiger partial charge is 0.287 e. The molecule has 3 heteroatoms. The lowest BCUT2D eigenvalue weighted by molar-refractivity contribution is 0.107. The van der Waals surface area contributed by atoms with Gasteiger partial charge >= 0.3 is 0 Å². The summed E-state index contributed by atoms with van der Waals surface area (Å²) in [6.45, 7) is 18.4. The zero-order chi connectivity index (χ0) is 15.1. The highest BCUT2D eigenvalue weighted by atomic mass is 28.3. The van der Waals surface area contributed by atoms with Gasteiger partial charge in [-0.3, -0.25) is 0 Å². The molecule has 0 radical (unpaired) electrons. The van der Waals surface area contributed by atoms with Crippen molar-refractivity contribution in [3.8, 4) is 17.7 Å². The van der Waals surface area contributed by atoms with Gasteiger partial charge in [-0.2, -0.15) is 5.26 Å². The molecule has 0 aromatic heterocycles. The fourth-order valence-corrected chi connectivity index (χ4v) is 2.01. The van der Waals surface area contributed by atoms with E-state index in [4.69, 9.17) is 10.00 Å². The quantitative estimate of drug-likeness (QED) is 0.311. The fraction of sp³-hybridized carbons (Fsp3) is 0.562. The second kappa shape index (κ2) is 7.21. The first-order chi connectivity index (χ1) is 8.58. The van der Waals surface area contributed by atoms with Crippen LogP contribution in [0.5, 0.6) is 0 Å². The molecule has 0 unspecified atom stereocenters. The number of allylic oxidation sites excluding steroid dienone is 1. The minimum atomic E-state index is -1.27. The Morgan fingerprint density at radius 2 is 1.84 bits per heavy atom. The number of nitrogens with zero attached hydrogens (tertiary/aromatic N) is 1. The van der Waals surface area contributed by atoms with E-state index in [1.807, 2.05) is 13.8 Å². The molecule has 104 valence electrons. The number of nitriles is 1. The molecule has 0 atom stereocenters. The molecule has 2 nitrogen and oxygen atoms in total. The first kappa shape index (κ1) is 17.5. The maximum Gasteiger partial charge on any atom is 0.287 e. The number of rotatable bonds is 6. The topological polar surface area (TPSA) is 33.0 Å². The van der Waals surface area contributed by atoms with Crippen molar-refractivity contribution in [3.05, 3.63) is 24.3 Å². The van der Waals surface area contributed by atoms with Crippen LogP contribution >= 0.6 is 0 Å². The molecule has 0 spiro atoms. The van der Waals surface area contributed by atoms with E-state index < -0.39 is 13.7 Å². The lowest BCUT2D eigenvalue weighted by atomic mass is 9.92. The second-order valence-electron chi connectivity index (χ2n) is 6.29. The molecule has 0 aliphatic carbocycles. The van der Waals surface area contributed by atoms with E-state index in [2.05, 4.69) is 44.3 Å². The van der Waals surface area contributed by atoms with Crippen LogP contribution in [0, 0.1) is 23.0 Å². The Labute approximate surface area is 119 Å². The summed E-state index contributed by atoms with van der Waals surface area (Å²) in [4.78, 5) is 0. The van der Waals surface area contributed by atoms with Crippen molar-refractivity contribution in [3.63, 3.8) is 0 Å². The fourth-order valence-electron chi connectivity index (χ4n) is 1.36. The van der Waals surface area contributed by atoms with Crippen LogP contribution in [0.15, 0.2) is 24.3 Å². The van der Waals surface area contributed by atoms with E-state index in [1.165, 1.54) is 0 Å². The van der Waals surface area contributed by atoms with Gasteiger partial charge in [0.1, 0.15) is 13.7 Å². The van der Waals surface area contributed by atoms with Gasteiger partial charge in [-0.25, -0.2) is 0 Å². The molecular formula is C16H25NOSi. The summed E-state index contributed by atoms with van der Waals surface area (Å²) >= 11 is 0. The standard InChI is InChI=1S/C16H25NOSi/c1-14(10-8-9-11-19(5,6)7)12-15(2)16(3,4)18-13-17/h1-2,8,10,12H2,3-7H3. The van der Waals surface area contributed by atoms with Crippen molar-refractivity contribution in [1.82, 2.24) is 0 Å². The van der Waals surface area contributed by atoms with Crippen LogP contribution in [0.3, 0.4) is 0 Å². The van der Waals surface area contributed by atoms with Crippen LogP contribution in [-0.2, 0) is 4.74 Å². The third kappa shape index (κ3) is 8.29. The SMILES string of the molecule is C=C(CCC#C[Si](C)(C)C)CC(=C)C(C)(C)OC#N. The van der Waals surface area contributed by atoms with Crippen LogP contribution in [0.25, 0.3) is 0 Å². The zero-order valence-electron chi connectivity index (χ0n) is 12.9. The molecule has 0 saturated heterocycles. The zero-order valence-corrected chi connectivity index (χ0v) is 13.9. The molecule has 0 aromatic rings. The molecule has 0 fully saturated rings. The minimum Gasteiger partial charge on any atom is -0.417 e. The van der Waals surface area contributed by atoms with Gasteiger partial charge in [0.05, 0.1) is 0 Å². The van der Waals surface area contributed by atoms with Crippen molar-refractivity contribution in [2.45, 2.75) is 58.4 Å². The molecule has 0 N–H and O–H groups in total. The molecule has 19 heavy (non-hydrogen) atoms. The van der Waals surface area contributed by atoms with Crippen molar-refractivity contribution in [2.24, 2.45) is 0 Å². The molecule has 0 aromatic carbocycles. The van der Waals surface area contributed by atoms with Crippen molar-refractivity contribution in [1.29, 1.82) is 5.26 Å². The van der Waals surface area contributed by atoms with E-state index in [-0.39, 0.29) is 0 Å². The van der Waals surface area contributed by atoms with E-state index in [1.54, 1.807) is 6.26 Å². The summed E-state index contributed by atoms with van der Waals surface area (Å²) in [5.74, 6) is 3.23. The van der Waals surface area contributed by atoms with Crippen LogP contribution < -0.4 is 0 Å². The largest absolute Gasteiger partial charge is 0.417 e.